The smallest absolute Gasteiger partial charge is 0.228 e. The number of ether oxygens (including phenoxy) is 1. The first-order valence-corrected chi connectivity index (χ1v) is 13.5. The lowest BCUT2D eigenvalue weighted by molar-refractivity contribution is -0.659. The first-order valence-electron chi connectivity index (χ1n) is 12.7. The molecule has 3 heteroatoms. The minimum absolute atomic E-state index is 0.146. The molecule has 1 aliphatic heterocycles. The Morgan fingerprint density at radius 2 is 1.74 bits per heavy atom. The van der Waals surface area contributed by atoms with Crippen LogP contribution < -0.4 is 9.30 Å². The van der Waals surface area contributed by atoms with E-state index in [0.29, 0.717) is 5.92 Å². The van der Waals surface area contributed by atoms with Crippen molar-refractivity contribution in [3.63, 3.8) is 0 Å². The van der Waals surface area contributed by atoms with Gasteiger partial charge in [-0.15, -0.1) is 11.3 Å². The Morgan fingerprint density at radius 3 is 2.46 bits per heavy atom. The maximum Gasteiger partial charge on any atom is 0.228 e. The van der Waals surface area contributed by atoms with Gasteiger partial charge in [0.1, 0.15) is 18.5 Å². The van der Waals surface area contributed by atoms with Crippen molar-refractivity contribution in [3.8, 4) is 22.8 Å². The minimum Gasteiger partial charge on any atom is -0.455 e. The summed E-state index contributed by atoms with van der Waals surface area (Å²) >= 11 is 1.95. The van der Waals surface area contributed by atoms with Gasteiger partial charge in [-0.2, -0.15) is 0 Å². The molecule has 0 unspecified atom stereocenters. The summed E-state index contributed by atoms with van der Waals surface area (Å²) in [6.07, 6.45) is 4.31. The molecule has 0 bridgehead atoms. The third kappa shape index (κ3) is 3.55. The van der Waals surface area contributed by atoms with E-state index in [-0.39, 0.29) is 5.41 Å². The van der Waals surface area contributed by atoms with E-state index in [1.807, 2.05) is 11.3 Å². The van der Waals surface area contributed by atoms with Crippen LogP contribution in [-0.2, 0) is 19.9 Å². The number of pyridine rings is 1. The Hall–Kier alpha value is -2.91. The Bertz CT molecular complexity index is 1650. The van der Waals surface area contributed by atoms with Gasteiger partial charge in [-0.3, -0.25) is 0 Å². The van der Waals surface area contributed by atoms with Gasteiger partial charge >= 0.3 is 0 Å². The van der Waals surface area contributed by atoms with Gasteiger partial charge in [0.05, 0.1) is 10.9 Å². The van der Waals surface area contributed by atoms with E-state index >= 15 is 0 Å². The summed E-state index contributed by atoms with van der Waals surface area (Å²) in [6, 6.07) is 15.8. The zero-order valence-corrected chi connectivity index (χ0v) is 22.7. The van der Waals surface area contributed by atoms with Crippen molar-refractivity contribution in [1.29, 1.82) is 0 Å². The number of thiophene rings is 1. The minimum atomic E-state index is 0.146. The lowest BCUT2D eigenvalue weighted by Gasteiger charge is -2.28. The molecule has 0 radical (unpaired) electrons. The maximum atomic E-state index is 6.96. The number of benzene rings is 3. The van der Waals surface area contributed by atoms with Gasteiger partial charge in [-0.1, -0.05) is 58.9 Å². The highest BCUT2D eigenvalue weighted by molar-refractivity contribution is 7.20. The second-order valence-electron chi connectivity index (χ2n) is 11.9. The standard InChI is InChI=1S/C32H34NOS/c1-18(2)14-21-15-20-16-26-28-24(31(20)35-21)12-13-33(7)29(28)27-19(3)22-10-8-9-11-23(22)25(30(27)34-26)17-32(4,5)6/h8-13,15-16,18H,14,17H2,1-7H3/q+1. The van der Waals surface area contributed by atoms with E-state index < -0.39 is 0 Å². The van der Waals surface area contributed by atoms with Crippen LogP contribution in [0.25, 0.3) is 42.9 Å². The summed E-state index contributed by atoms with van der Waals surface area (Å²) in [6.45, 7) is 13.8. The number of hydrogen-bond acceptors (Lipinski definition) is 2. The average molecular weight is 481 g/mol. The monoisotopic (exact) mass is 480 g/mol. The molecular formula is C32H34NOS+. The van der Waals surface area contributed by atoms with Crippen LogP contribution in [0.15, 0.2) is 48.7 Å². The van der Waals surface area contributed by atoms with Crippen molar-refractivity contribution < 1.29 is 9.30 Å². The molecular weight excluding hydrogens is 446 g/mol. The van der Waals surface area contributed by atoms with Crippen LogP contribution in [0.1, 0.15) is 50.6 Å². The fraction of sp³-hybridized carbons (Fsp3) is 0.344. The molecule has 0 saturated heterocycles. The van der Waals surface area contributed by atoms with E-state index in [2.05, 4.69) is 102 Å². The van der Waals surface area contributed by atoms with Crippen LogP contribution >= 0.6 is 11.3 Å². The molecule has 0 saturated carbocycles. The van der Waals surface area contributed by atoms with E-state index in [4.69, 9.17) is 4.74 Å². The van der Waals surface area contributed by atoms with Crippen LogP contribution in [0.2, 0.25) is 0 Å². The number of aryl methyl sites for hydroxylation is 2. The molecule has 178 valence electrons. The molecule has 0 N–H and O–H groups in total. The predicted molar refractivity (Wildman–Crippen MR) is 150 cm³/mol. The molecule has 6 rings (SSSR count). The molecule has 3 heterocycles. The van der Waals surface area contributed by atoms with Gasteiger partial charge in [0.2, 0.25) is 5.69 Å². The number of fused-ring (bicyclic) bond motifs is 5. The largest absolute Gasteiger partial charge is 0.455 e. The molecule has 0 fully saturated rings. The average Bonchev–Trinajstić information content (AvgIpc) is 3.18. The van der Waals surface area contributed by atoms with Gasteiger partial charge in [-0.05, 0) is 65.0 Å². The van der Waals surface area contributed by atoms with Crippen molar-refractivity contribution in [2.24, 2.45) is 18.4 Å². The third-order valence-electron chi connectivity index (χ3n) is 7.21. The molecule has 0 spiro atoms. The van der Waals surface area contributed by atoms with Crippen LogP contribution in [-0.4, -0.2) is 0 Å². The van der Waals surface area contributed by atoms with E-state index in [0.717, 1.165) is 24.3 Å². The zero-order chi connectivity index (χ0) is 24.6. The molecule has 0 atom stereocenters. The lowest BCUT2D eigenvalue weighted by Crippen LogP contribution is -2.32. The first kappa shape index (κ1) is 22.5. The molecule has 0 aliphatic carbocycles. The van der Waals surface area contributed by atoms with Gasteiger partial charge < -0.3 is 4.74 Å². The van der Waals surface area contributed by atoms with Crippen molar-refractivity contribution in [2.75, 3.05) is 0 Å². The Kier molecular flexibility index (Phi) is 5.02. The zero-order valence-electron chi connectivity index (χ0n) is 21.9. The summed E-state index contributed by atoms with van der Waals surface area (Å²) in [7, 11) is 2.18. The SMILES string of the molecule is Cc1c2c(c(CC(C)(C)C)c3ccccc13)Oc1cc3cc(CC(C)C)sc3c3cc[n+](C)c-2c13. The van der Waals surface area contributed by atoms with Crippen molar-refractivity contribution >= 4 is 43.0 Å². The van der Waals surface area contributed by atoms with Crippen molar-refractivity contribution in [1.82, 2.24) is 0 Å². The number of hydrogen-bond donors (Lipinski definition) is 0. The highest BCUT2D eigenvalue weighted by Crippen LogP contribution is 2.53. The number of rotatable bonds is 3. The Labute approximate surface area is 212 Å². The third-order valence-corrected chi connectivity index (χ3v) is 8.42. The molecule has 2 nitrogen and oxygen atoms in total. The summed E-state index contributed by atoms with van der Waals surface area (Å²) in [5.41, 5.74) is 5.29. The van der Waals surface area contributed by atoms with Crippen LogP contribution in [0.4, 0.5) is 0 Å². The topological polar surface area (TPSA) is 13.1 Å². The summed E-state index contributed by atoms with van der Waals surface area (Å²) in [5, 5.41) is 6.49. The molecule has 1 aliphatic rings. The number of aromatic nitrogens is 1. The number of nitrogens with zero attached hydrogens (tertiary/aromatic N) is 1. The fourth-order valence-corrected chi connectivity index (χ4v) is 7.21. The Balaban J connectivity index is 1.74. The second kappa shape index (κ2) is 7.80. The van der Waals surface area contributed by atoms with E-state index in [1.54, 1.807) is 0 Å². The molecule has 5 aromatic rings. The summed E-state index contributed by atoms with van der Waals surface area (Å²) in [4.78, 5) is 1.45. The molecule has 0 amide bonds. The van der Waals surface area contributed by atoms with E-state index in [1.165, 1.54) is 58.9 Å². The van der Waals surface area contributed by atoms with Crippen LogP contribution in [0.3, 0.4) is 0 Å². The highest BCUT2D eigenvalue weighted by Gasteiger charge is 2.34. The molecule has 3 aromatic carbocycles. The Morgan fingerprint density at radius 1 is 1.00 bits per heavy atom. The summed E-state index contributed by atoms with van der Waals surface area (Å²) < 4.78 is 10.6. The van der Waals surface area contributed by atoms with Crippen LogP contribution in [0, 0.1) is 18.3 Å². The fourth-order valence-electron chi connectivity index (χ4n) is 5.83. The molecule has 2 aromatic heterocycles. The normalized spacial score (nSPS) is 13.1. The van der Waals surface area contributed by atoms with Crippen molar-refractivity contribution in [3.05, 3.63) is 64.7 Å². The highest BCUT2D eigenvalue weighted by atomic mass is 32.1. The van der Waals surface area contributed by atoms with Crippen molar-refractivity contribution in [2.45, 2.75) is 54.4 Å². The predicted octanol–water partition coefficient (Wildman–Crippen LogP) is 8.90. The van der Waals surface area contributed by atoms with Gasteiger partial charge in [0.25, 0.3) is 0 Å². The quantitative estimate of drug-likeness (QED) is 0.230. The first-order chi connectivity index (χ1) is 16.6. The van der Waals surface area contributed by atoms with Gasteiger partial charge in [0.15, 0.2) is 6.20 Å². The maximum absolute atomic E-state index is 6.96. The van der Waals surface area contributed by atoms with Gasteiger partial charge in [-0.25, -0.2) is 4.57 Å². The van der Waals surface area contributed by atoms with Gasteiger partial charge in [0, 0.05) is 26.6 Å². The lowest BCUT2D eigenvalue weighted by atomic mass is 9.82. The van der Waals surface area contributed by atoms with E-state index in [9.17, 15) is 0 Å². The second-order valence-corrected chi connectivity index (χ2v) is 13.0. The summed E-state index contributed by atoms with van der Waals surface area (Å²) in [5.74, 6) is 2.68. The van der Waals surface area contributed by atoms with Crippen LogP contribution in [0.5, 0.6) is 11.5 Å². The molecule has 35 heavy (non-hydrogen) atoms.